The molecule has 0 spiro atoms. The minimum Gasteiger partial charge on any atom is -0.493 e. The van der Waals surface area contributed by atoms with Gasteiger partial charge in [0.25, 0.3) is 0 Å². The van der Waals surface area contributed by atoms with Crippen molar-refractivity contribution >= 4 is 16.1 Å². The monoisotopic (exact) mass is 578 g/mol. The Bertz CT molecular complexity index is 1240. The van der Waals surface area contributed by atoms with Gasteiger partial charge in [0.15, 0.2) is 17.8 Å². The van der Waals surface area contributed by atoms with Crippen LogP contribution in [0.1, 0.15) is 39.2 Å². The molecular formula is C28H38N2O9S. The number of aliphatic hydroxyl groups excluding tert-OH is 1. The van der Waals surface area contributed by atoms with Gasteiger partial charge in [-0.1, -0.05) is 37.3 Å². The SMILES string of the molecule is CCC(C)Oc1cc(S(=O)(=O)N(Cc2ccccc2)[C@H](NC(=O)O[C@H]2CO[C@H]3OCC[C@H]32)[C@@H](C)O)ccc1OC. The van der Waals surface area contributed by atoms with Crippen LogP contribution in [0.4, 0.5) is 4.79 Å². The molecule has 2 aliphatic heterocycles. The molecule has 2 N–H and O–H groups in total. The molecule has 1 amide bonds. The first-order valence-corrected chi connectivity index (χ1v) is 14.9. The van der Waals surface area contributed by atoms with E-state index in [-0.39, 0.29) is 35.8 Å². The van der Waals surface area contributed by atoms with Gasteiger partial charge in [-0.25, -0.2) is 13.2 Å². The third kappa shape index (κ3) is 6.87. The van der Waals surface area contributed by atoms with E-state index in [0.717, 1.165) is 4.31 Å². The van der Waals surface area contributed by atoms with E-state index < -0.39 is 40.8 Å². The van der Waals surface area contributed by atoms with Crippen LogP contribution in [0.25, 0.3) is 0 Å². The number of alkyl carbamates (subject to hydrolysis) is 1. The number of ether oxygens (including phenoxy) is 5. The number of nitrogens with zero attached hydrogens (tertiary/aromatic N) is 1. The van der Waals surface area contributed by atoms with Gasteiger partial charge in [0, 0.05) is 12.6 Å². The van der Waals surface area contributed by atoms with Crippen molar-refractivity contribution in [2.45, 2.75) is 75.8 Å². The van der Waals surface area contributed by atoms with Crippen molar-refractivity contribution in [3.05, 3.63) is 54.1 Å². The lowest BCUT2D eigenvalue weighted by Gasteiger charge is -2.33. The second-order valence-electron chi connectivity index (χ2n) is 9.98. The first-order chi connectivity index (χ1) is 19.1. The minimum atomic E-state index is -4.30. The number of methoxy groups -OCH3 is 1. The zero-order valence-electron chi connectivity index (χ0n) is 23.2. The number of carbonyl (C=O) groups is 1. The van der Waals surface area contributed by atoms with Crippen LogP contribution in [0.5, 0.6) is 11.5 Å². The molecule has 4 rings (SSSR count). The lowest BCUT2D eigenvalue weighted by atomic mass is 10.0. The Morgan fingerprint density at radius 2 is 1.90 bits per heavy atom. The van der Waals surface area contributed by atoms with E-state index in [1.54, 1.807) is 24.3 Å². The molecule has 2 fully saturated rings. The van der Waals surface area contributed by atoms with Crippen LogP contribution in [0.2, 0.25) is 0 Å². The lowest BCUT2D eigenvalue weighted by Crippen LogP contribution is -2.56. The summed E-state index contributed by atoms with van der Waals surface area (Å²) in [5, 5.41) is 13.3. The van der Waals surface area contributed by atoms with Gasteiger partial charge in [0.1, 0.15) is 12.3 Å². The molecule has 2 heterocycles. The summed E-state index contributed by atoms with van der Waals surface area (Å²) in [7, 11) is -2.82. The number of sulfonamides is 1. The molecule has 12 heteroatoms. The normalized spacial score (nSPS) is 22.8. The molecule has 1 unspecified atom stereocenters. The molecular weight excluding hydrogens is 540 g/mol. The van der Waals surface area contributed by atoms with E-state index in [4.69, 9.17) is 23.7 Å². The van der Waals surface area contributed by atoms with Crippen molar-refractivity contribution < 1.29 is 42.0 Å². The van der Waals surface area contributed by atoms with E-state index >= 15 is 0 Å². The smallest absolute Gasteiger partial charge is 0.408 e. The first-order valence-electron chi connectivity index (χ1n) is 13.4. The van der Waals surface area contributed by atoms with E-state index in [9.17, 15) is 18.3 Å². The Morgan fingerprint density at radius 3 is 2.58 bits per heavy atom. The molecule has 0 saturated carbocycles. The highest BCUT2D eigenvalue weighted by molar-refractivity contribution is 7.89. The number of amides is 1. The quantitative estimate of drug-likeness (QED) is 0.364. The number of rotatable bonds is 12. The van der Waals surface area contributed by atoms with Gasteiger partial charge in [0.05, 0.1) is 43.3 Å². The van der Waals surface area contributed by atoms with E-state index in [1.807, 2.05) is 19.9 Å². The van der Waals surface area contributed by atoms with E-state index in [1.165, 1.54) is 32.2 Å². The Kier molecular flexibility index (Phi) is 9.90. The van der Waals surface area contributed by atoms with Crippen molar-refractivity contribution in [3.8, 4) is 11.5 Å². The predicted octanol–water partition coefficient (Wildman–Crippen LogP) is 3.26. The van der Waals surface area contributed by atoms with Gasteiger partial charge in [-0.3, -0.25) is 0 Å². The molecule has 6 atom stereocenters. The van der Waals surface area contributed by atoms with E-state index in [0.29, 0.717) is 30.8 Å². The Hall–Kier alpha value is -2.90. The number of aliphatic hydroxyl groups is 1. The number of carbonyl (C=O) groups excluding carboxylic acids is 1. The van der Waals surface area contributed by atoms with Gasteiger partial charge in [-0.15, -0.1) is 0 Å². The number of hydrogen-bond acceptors (Lipinski definition) is 9. The summed E-state index contributed by atoms with van der Waals surface area (Å²) in [6, 6.07) is 13.2. The van der Waals surface area contributed by atoms with Crippen LogP contribution in [0.15, 0.2) is 53.4 Å². The maximum Gasteiger partial charge on any atom is 0.408 e. The van der Waals surface area contributed by atoms with Gasteiger partial charge in [-0.2, -0.15) is 4.31 Å². The largest absolute Gasteiger partial charge is 0.493 e. The molecule has 0 aliphatic carbocycles. The molecule has 11 nitrogen and oxygen atoms in total. The van der Waals surface area contributed by atoms with E-state index in [2.05, 4.69) is 5.32 Å². The van der Waals surface area contributed by atoms with Crippen LogP contribution in [0, 0.1) is 5.92 Å². The summed E-state index contributed by atoms with van der Waals surface area (Å²) < 4.78 is 57.3. The molecule has 0 radical (unpaired) electrons. The third-order valence-electron chi connectivity index (χ3n) is 7.10. The van der Waals surface area contributed by atoms with Crippen molar-refractivity contribution in [2.24, 2.45) is 5.92 Å². The summed E-state index contributed by atoms with van der Waals surface area (Å²) in [4.78, 5) is 12.9. The molecule has 2 aromatic carbocycles. The van der Waals surface area contributed by atoms with Crippen molar-refractivity contribution in [1.29, 1.82) is 0 Å². The summed E-state index contributed by atoms with van der Waals surface area (Å²) >= 11 is 0. The van der Waals surface area contributed by atoms with Gasteiger partial charge in [-0.05, 0) is 44.4 Å². The highest BCUT2D eigenvalue weighted by atomic mass is 32.2. The maximum absolute atomic E-state index is 14.2. The second-order valence-corrected chi connectivity index (χ2v) is 11.9. The number of fused-ring (bicyclic) bond motifs is 1. The van der Waals surface area contributed by atoms with Crippen molar-refractivity contribution in [3.63, 3.8) is 0 Å². The topological polar surface area (TPSA) is 133 Å². The second kappa shape index (κ2) is 13.2. The fraction of sp³-hybridized carbons (Fsp3) is 0.536. The van der Waals surface area contributed by atoms with Crippen LogP contribution >= 0.6 is 0 Å². The summed E-state index contributed by atoms with van der Waals surface area (Å²) in [5.41, 5.74) is 0.659. The fourth-order valence-electron chi connectivity index (χ4n) is 4.71. The first kappa shape index (κ1) is 30.1. The molecule has 0 bridgehead atoms. The Morgan fingerprint density at radius 1 is 1.15 bits per heavy atom. The molecule has 40 heavy (non-hydrogen) atoms. The average Bonchev–Trinajstić information content (AvgIpc) is 3.56. The molecule has 0 aromatic heterocycles. The molecule has 2 saturated heterocycles. The van der Waals surface area contributed by atoms with Gasteiger partial charge in [0.2, 0.25) is 10.0 Å². The summed E-state index contributed by atoms with van der Waals surface area (Å²) in [6.45, 7) is 5.80. The minimum absolute atomic E-state index is 0.0847. The molecule has 220 valence electrons. The van der Waals surface area contributed by atoms with Crippen molar-refractivity contribution in [1.82, 2.24) is 9.62 Å². The zero-order chi connectivity index (χ0) is 28.9. The number of nitrogens with one attached hydrogen (secondary N) is 1. The average molecular weight is 579 g/mol. The van der Waals surface area contributed by atoms with Crippen LogP contribution in [-0.2, 0) is 30.8 Å². The molecule has 2 aromatic rings. The summed E-state index contributed by atoms with van der Waals surface area (Å²) in [5.74, 6) is 0.562. The number of benzene rings is 2. The Balaban J connectivity index is 1.65. The molecule has 2 aliphatic rings. The zero-order valence-corrected chi connectivity index (χ0v) is 24.0. The number of hydrogen-bond donors (Lipinski definition) is 2. The third-order valence-corrected chi connectivity index (χ3v) is 8.93. The van der Waals surface area contributed by atoms with Crippen LogP contribution in [-0.4, -0.2) is 75.0 Å². The van der Waals surface area contributed by atoms with Crippen LogP contribution < -0.4 is 14.8 Å². The van der Waals surface area contributed by atoms with Gasteiger partial charge >= 0.3 is 6.09 Å². The highest BCUT2D eigenvalue weighted by Crippen LogP contribution is 2.34. The lowest BCUT2D eigenvalue weighted by molar-refractivity contribution is -0.0907. The van der Waals surface area contributed by atoms with Crippen molar-refractivity contribution in [2.75, 3.05) is 20.3 Å². The van der Waals surface area contributed by atoms with Gasteiger partial charge < -0.3 is 34.1 Å². The fourth-order valence-corrected chi connectivity index (χ4v) is 6.33. The van der Waals surface area contributed by atoms with Crippen LogP contribution in [0.3, 0.4) is 0 Å². The standard InChI is InChI=1S/C28H38N2O9S/c1-5-18(2)38-24-15-21(11-12-23(24)35-4)40(33,34)30(16-20-9-7-6-8-10-20)26(19(3)31)29-28(32)39-25-17-37-27-22(25)13-14-36-27/h6-12,15,18-19,22,25-27,31H,5,13-14,16-17H2,1-4H3,(H,29,32)/t18?,19-,22+,25+,26+,27-/m1/s1. The Labute approximate surface area is 235 Å². The highest BCUT2D eigenvalue weighted by Gasteiger charge is 2.44. The summed E-state index contributed by atoms with van der Waals surface area (Å²) in [6.07, 6.45) is -3.25. The maximum atomic E-state index is 14.2. The predicted molar refractivity (Wildman–Crippen MR) is 145 cm³/mol.